The van der Waals surface area contributed by atoms with Gasteiger partial charge in [0.15, 0.2) is 0 Å². The third-order valence-corrected chi connectivity index (χ3v) is 2.76. The molecule has 0 saturated heterocycles. The van der Waals surface area contributed by atoms with E-state index in [9.17, 15) is 9.59 Å². The second-order valence-corrected chi connectivity index (χ2v) is 4.24. The fourth-order valence-electron chi connectivity index (χ4n) is 1.77. The Balaban J connectivity index is 2.18. The average Bonchev–Trinajstić information content (AvgIpc) is 2.46. The minimum Gasteiger partial charge on any atom is -0.399 e. The number of carbonyl (C=O) groups is 2. The van der Waals surface area contributed by atoms with E-state index in [1.807, 2.05) is 0 Å². The van der Waals surface area contributed by atoms with Gasteiger partial charge in [0.05, 0.1) is 0 Å². The summed E-state index contributed by atoms with van der Waals surface area (Å²) in [7, 11) is 1.56. The summed E-state index contributed by atoms with van der Waals surface area (Å²) in [6.07, 6.45) is 0. The van der Waals surface area contributed by atoms with Gasteiger partial charge in [0.2, 0.25) is 0 Å². The highest BCUT2D eigenvalue weighted by atomic mass is 16.2. The lowest BCUT2D eigenvalue weighted by atomic mass is 10.1. The topological polar surface area (TPSA) is 84.2 Å². The summed E-state index contributed by atoms with van der Waals surface area (Å²) in [5.41, 5.74) is 7.67. The first-order valence-electron chi connectivity index (χ1n) is 6.09. The zero-order valence-electron chi connectivity index (χ0n) is 11.0. The van der Waals surface area contributed by atoms with Gasteiger partial charge >= 0.3 is 0 Å². The minimum atomic E-state index is -0.272. The van der Waals surface area contributed by atoms with Crippen LogP contribution in [-0.2, 0) is 0 Å². The maximum absolute atomic E-state index is 12.0. The molecular formula is C15H15N3O2. The molecule has 2 aromatic carbocycles. The third-order valence-electron chi connectivity index (χ3n) is 2.76. The Bertz CT molecular complexity index is 653. The number of rotatable bonds is 3. The van der Waals surface area contributed by atoms with Crippen molar-refractivity contribution >= 4 is 23.2 Å². The molecule has 20 heavy (non-hydrogen) atoms. The molecule has 0 aliphatic heterocycles. The largest absolute Gasteiger partial charge is 0.399 e. The number of nitrogen functional groups attached to an aromatic ring is 1. The quantitative estimate of drug-likeness (QED) is 0.744. The molecule has 0 saturated carbocycles. The number of hydrogen-bond acceptors (Lipinski definition) is 3. The van der Waals surface area contributed by atoms with Crippen molar-refractivity contribution in [2.45, 2.75) is 0 Å². The molecule has 102 valence electrons. The lowest BCUT2D eigenvalue weighted by Gasteiger charge is -2.07. The lowest BCUT2D eigenvalue weighted by Crippen LogP contribution is -2.18. The summed E-state index contributed by atoms with van der Waals surface area (Å²) < 4.78 is 0. The van der Waals surface area contributed by atoms with Crippen LogP contribution in [0.3, 0.4) is 0 Å². The van der Waals surface area contributed by atoms with E-state index < -0.39 is 0 Å². The van der Waals surface area contributed by atoms with Crippen LogP contribution >= 0.6 is 0 Å². The van der Waals surface area contributed by atoms with Crippen molar-refractivity contribution in [1.29, 1.82) is 0 Å². The monoisotopic (exact) mass is 269 g/mol. The maximum Gasteiger partial charge on any atom is 0.255 e. The summed E-state index contributed by atoms with van der Waals surface area (Å²) in [5, 5.41) is 5.26. The van der Waals surface area contributed by atoms with Crippen LogP contribution in [0.1, 0.15) is 20.7 Å². The fourth-order valence-corrected chi connectivity index (χ4v) is 1.77. The Labute approximate surface area is 116 Å². The Morgan fingerprint density at radius 1 is 0.950 bits per heavy atom. The molecule has 0 aliphatic carbocycles. The standard InChI is InChI=1S/C15H15N3O2/c1-17-14(19)11-5-3-7-13(9-11)18-15(20)10-4-2-6-12(16)8-10/h2-9H,16H2,1H3,(H,17,19)(H,18,20). The SMILES string of the molecule is CNC(=O)c1cccc(NC(=O)c2cccc(N)c2)c1. The summed E-state index contributed by atoms with van der Waals surface area (Å²) in [4.78, 5) is 23.6. The molecule has 5 heteroatoms. The van der Waals surface area contributed by atoms with Gasteiger partial charge in [-0.1, -0.05) is 12.1 Å². The first kappa shape index (κ1) is 13.6. The Kier molecular flexibility index (Phi) is 4.00. The molecule has 0 fully saturated rings. The van der Waals surface area contributed by atoms with Crippen molar-refractivity contribution in [3.63, 3.8) is 0 Å². The predicted octanol–water partition coefficient (Wildman–Crippen LogP) is 1.88. The molecule has 2 aromatic rings. The normalized spacial score (nSPS) is 9.85. The van der Waals surface area contributed by atoms with Crippen LogP contribution in [0.25, 0.3) is 0 Å². The first-order valence-corrected chi connectivity index (χ1v) is 6.09. The number of anilines is 2. The molecule has 5 nitrogen and oxygen atoms in total. The second-order valence-electron chi connectivity index (χ2n) is 4.24. The average molecular weight is 269 g/mol. The number of nitrogens with two attached hydrogens (primary N) is 1. The highest BCUT2D eigenvalue weighted by Crippen LogP contribution is 2.13. The summed E-state index contributed by atoms with van der Waals surface area (Å²) in [6.45, 7) is 0. The van der Waals surface area contributed by atoms with Crippen LogP contribution < -0.4 is 16.4 Å². The van der Waals surface area contributed by atoms with Crippen molar-refractivity contribution in [3.05, 3.63) is 59.7 Å². The molecule has 0 spiro atoms. The molecule has 0 bridgehead atoms. The second kappa shape index (κ2) is 5.88. The number of hydrogen-bond donors (Lipinski definition) is 3. The van der Waals surface area contributed by atoms with Crippen LogP contribution in [-0.4, -0.2) is 18.9 Å². The maximum atomic E-state index is 12.0. The fraction of sp³-hybridized carbons (Fsp3) is 0.0667. The molecule has 4 N–H and O–H groups in total. The highest BCUT2D eigenvalue weighted by molar-refractivity contribution is 6.05. The Hall–Kier alpha value is -2.82. The van der Waals surface area contributed by atoms with E-state index in [2.05, 4.69) is 10.6 Å². The van der Waals surface area contributed by atoms with E-state index in [4.69, 9.17) is 5.73 Å². The van der Waals surface area contributed by atoms with Gasteiger partial charge in [0.1, 0.15) is 0 Å². The van der Waals surface area contributed by atoms with Gasteiger partial charge in [0.25, 0.3) is 11.8 Å². The van der Waals surface area contributed by atoms with Crippen molar-refractivity contribution < 1.29 is 9.59 Å². The molecule has 0 unspecified atom stereocenters. The van der Waals surface area contributed by atoms with Crippen molar-refractivity contribution in [1.82, 2.24) is 5.32 Å². The van der Waals surface area contributed by atoms with Gasteiger partial charge < -0.3 is 16.4 Å². The van der Waals surface area contributed by atoms with Gasteiger partial charge in [-0.15, -0.1) is 0 Å². The first-order chi connectivity index (χ1) is 9.60. The number of amides is 2. The van der Waals surface area contributed by atoms with Crippen LogP contribution in [0.15, 0.2) is 48.5 Å². The van der Waals surface area contributed by atoms with E-state index in [-0.39, 0.29) is 11.8 Å². The number of benzene rings is 2. The molecule has 0 heterocycles. The van der Waals surface area contributed by atoms with Crippen LogP contribution in [0, 0.1) is 0 Å². The molecule has 0 radical (unpaired) electrons. The van der Waals surface area contributed by atoms with Crippen molar-refractivity contribution in [2.24, 2.45) is 0 Å². The van der Waals surface area contributed by atoms with Gasteiger partial charge in [-0.05, 0) is 36.4 Å². The molecule has 2 amide bonds. The van der Waals surface area contributed by atoms with Gasteiger partial charge in [-0.25, -0.2) is 0 Å². The number of carbonyl (C=O) groups excluding carboxylic acids is 2. The van der Waals surface area contributed by atoms with E-state index in [1.165, 1.54) is 0 Å². The van der Waals surface area contributed by atoms with Crippen LogP contribution in [0.4, 0.5) is 11.4 Å². The third kappa shape index (κ3) is 3.14. The Morgan fingerprint density at radius 3 is 2.25 bits per heavy atom. The molecule has 0 aromatic heterocycles. The zero-order valence-corrected chi connectivity index (χ0v) is 11.0. The molecule has 2 rings (SSSR count). The Morgan fingerprint density at radius 2 is 1.60 bits per heavy atom. The smallest absolute Gasteiger partial charge is 0.255 e. The summed E-state index contributed by atoms with van der Waals surface area (Å²) in [6, 6.07) is 13.4. The van der Waals surface area contributed by atoms with Crippen molar-refractivity contribution in [3.8, 4) is 0 Å². The summed E-state index contributed by atoms with van der Waals surface area (Å²) in [5.74, 6) is -0.476. The van der Waals surface area contributed by atoms with Crippen LogP contribution in [0.5, 0.6) is 0 Å². The zero-order chi connectivity index (χ0) is 14.5. The van der Waals surface area contributed by atoms with Gasteiger partial charge in [-0.3, -0.25) is 9.59 Å². The van der Waals surface area contributed by atoms with Gasteiger partial charge in [0, 0.05) is 29.5 Å². The van der Waals surface area contributed by atoms with E-state index in [1.54, 1.807) is 55.6 Å². The lowest BCUT2D eigenvalue weighted by molar-refractivity contribution is 0.0961. The summed E-state index contributed by atoms with van der Waals surface area (Å²) >= 11 is 0. The van der Waals surface area contributed by atoms with E-state index in [0.29, 0.717) is 22.5 Å². The predicted molar refractivity (Wildman–Crippen MR) is 78.6 cm³/mol. The molecule has 0 atom stereocenters. The van der Waals surface area contributed by atoms with Crippen molar-refractivity contribution in [2.75, 3.05) is 18.1 Å². The van der Waals surface area contributed by atoms with Crippen LogP contribution in [0.2, 0.25) is 0 Å². The molecule has 0 aliphatic rings. The number of nitrogens with one attached hydrogen (secondary N) is 2. The minimum absolute atomic E-state index is 0.204. The van der Waals surface area contributed by atoms with Gasteiger partial charge in [-0.2, -0.15) is 0 Å². The van der Waals surface area contributed by atoms with E-state index >= 15 is 0 Å². The highest BCUT2D eigenvalue weighted by Gasteiger charge is 2.08. The van der Waals surface area contributed by atoms with E-state index in [0.717, 1.165) is 0 Å². The molecular weight excluding hydrogens is 254 g/mol.